The van der Waals surface area contributed by atoms with Gasteiger partial charge < -0.3 is 5.73 Å². The summed E-state index contributed by atoms with van der Waals surface area (Å²) in [6, 6.07) is 0. The summed E-state index contributed by atoms with van der Waals surface area (Å²) in [6.07, 6.45) is 1.87. The summed E-state index contributed by atoms with van der Waals surface area (Å²) >= 11 is 0. The first-order chi connectivity index (χ1) is 6.91. The zero-order valence-electron chi connectivity index (χ0n) is 9.70. The molecule has 1 aliphatic rings. The highest BCUT2D eigenvalue weighted by molar-refractivity contribution is 7.91. The van der Waals surface area contributed by atoms with Crippen molar-refractivity contribution in [3.8, 4) is 0 Å². The molecular formula is C10H22N2O2S. The van der Waals surface area contributed by atoms with E-state index in [1.807, 2.05) is 0 Å². The van der Waals surface area contributed by atoms with Crippen molar-refractivity contribution < 1.29 is 8.42 Å². The van der Waals surface area contributed by atoms with Crippen LogP contribution >= 0.6 is 0 Å². The molecule has 1 heterocycles. The summed E-state index contributed by atoms with van der Waals surface area (Å²) in [5.41, 5.74) is 6.05. The SMILES string of the molecule is CCC(N)(CC)CN1CCS(=O)(=O)CC1. The number of sulfone groups is 1. The molecule has 1 aliphatic heterocycles. The van der Waals surface area contributed by atoms with Crippen LogP contribution in [0.15, 0.2) is 0 Å². The molecule has 0 aromatic heterocycles. The lowest BCUT2D eigenvalue weighted by atomic mass is 9.93. The molecule has 15 heavy (non-hydrogen) atoms. The Bertz CT molecular complexity index is 283. The van der Waals surface area contributed by atoms with Crippen LogP contribution < -0.4 is 5.73 Å². The third-order valence-corrected chi connectivity index (χ3v) is 4.99. The van der Waals surface area contributed by atoms with Crippen molar-refractivity contribution in [1.82, 2.24) is 4.90 Å². The number of nitrogens with two attached hydrogens (primary N) is 1. The summed E-state index contributed by atoms with van der Waals surface area (Å²) in [5, 5.41) is 0. The van der Waals surface area contributed by atoms with Gasteiger partial charge in [0.05, 0.1) is 11.5 Å². The average Bonchev–Trinajstić information content (AvgIpc) is 2.21. The van der Waals surface area contributed by atoms with Gasteiger partial charge in [0.1, 0.15) is 0 Å². The number of rotatable bonds is 4. The Morgan fingerprint density at radius 2 is 1.67 bits per heavy atom. The third kappa shape index (κ3) is 3.74. The first-order valence-electron chi connectivity index (χ1n) is 5.62. The van der Waals surface area contributed by atoms with E-state index in [1.54, 1.807) is 0 Å². The summed E-state index contributed by atoms with van der Waals surface area (Å²) in [5.74, 6) is 0.576. The molecule has 4 nitrogen and oxygen atoms in total. The summed E-state index contributed by atoms with van der Waals surface area (Å²) < 4.78 is 22.5. The maximum absolute atomic E-state index is 11.2. The number of hydrogen-bond acceptors (Lipinski definition) is 4. The topological polar surface area (TPSA) is 63.4 Å². The van der Waals surface area contributed by atoms with Crippen LogP contribution in [0, 0.1) is 0 Å². The lowest BCUT2D eigenvalue weighted by molar-refractivity contribution is 0.212. The van der Waals surface area contributed by atoms with Crippen LogP contribution in [0.3, 0.4) is 0 Å². The van der Waals surface area contributed by atoms with Crippen molar-refractivity contribution in [3.63, 3.8) is 0 Å². The molecule has 0 aromatic carbocycles. The van der Waals surface area contributed by atoms with E-state index < -0.39 is 9.84 Å². The van der Waals surface area contributed by atoms with Crippen LogP contribution in [0.4, 0.5) is 0 Å². The monoisotopic (exact) mass is 234 g/mol. The zero-order valence-corrected chi connectivity index (χ0v) is 10.5. The van der Waals surface area contributed by atoms with E-state index >= 15 is 0 Å². The van der Waals surface area contributed by atoms with E-state index in [0.717, 1.165) is 19.4 Å². The van der Waals surface area contributed by atoms with Crippen molar-refractivity contribution in [2.75, 3.05) is 31.1 Å². The van der Waals surface area contributed by atoms with Crippen molar-refractivity contribution >= 4 is 9.84 Å². The van der Waals surface area contributed by atoms with Crippen molar-refractivity contribution in [3.05, 3.63) is 0 Å². The van der Waals surface area contributed by atoms with Crippen LogP contribution in [0.1, 0.15) is 26.7 Å². The van der Waals surface area contributed by atoms with Gasteiger partial charge in [-0.05, 0) is 12.8 Å². The van der Waals surface area contributed by atoms with Gasteiger partial charge in [-0.3, -0.25) is 4.90 Å². The molecule has 0 aromatic rings. The normalized spacial score (nSPS) is 22.9. The van der Waals surface area contributed by atoms with Crippen LogP contribution in [0.5, 0.6) is 0 Å². The fourth-order valence-corrected chi connectivity index (χ4v) is 3.10. The summed E-state index contributed by atoms with van der Waals surface area (Å²) in [6.45, 7) is 6.27. The minimum absolute atomic E-state index is 0.152. The first-order valence-corrected chi connectivity index (χ1v) is 7.44. The molecule has 0 saturated carbocycles. The molecule has 0 unspecified atom stereocenters. The predicted molar refractivity (Wildman–Crippen MR) is 62.6 cm³/mol. The Morgan fingerprint density at radius 3 is 2.07 bits per heavy atom. The minimum atomic E-state index is -2.77. The zero-order chi connectivity index (χ0) is 11.5. The predicted octanol–water partition coefficient (Wildman–Crippen LogP) is 0.234. The first kappa shape index (κ1) is 12.9. The van der Waals surface area contributed by atoms with Crippen LogP contribution in [0.2, 0.25) is 0 Å². The van der Waals surface area contributed by atoms with Gasteiger partial charge in [-0.15, -0.1) is 0 Å². The van der Waals surface area contributed by atoms with Crippen molar-refractivity contribution in [1.29, 1.82) is 0 Å². The molecule has 0 aliphatic carbocycles. The molecule has 90 valence electrons. The van der Waals surface area contributed by atoms with Gasteiger partial charge in [0, 0.05) is 25.2 Å². The molecule has 1 rings (SSSR count). The largest absolute Gasteiger partial charge is 0.324 e. The molecule has 0 amide bonds. The summed E-state index contributed by atoms with van der Waals surface area (Å²) in [4.78, 5) is 2.17. The molecule has 1 saturated heterocycles. The highest BCUT2D eigenvalue weighted by Crippen LogP contribution is 2.15. The Balaban J connectivity index is 2.48. The fourth-order valence-electron chi connectivity index (χ4n) is 1.83. The van der Waals surface area contributed by atoms with Gasteiger partial charge in [0.2, 0.25) is 0 Å². The van der Waals surface area contributed by atoms with Crippen molar-refractivity contribution in [2.24, 2.45) is 5.73 Å². The molecule has 0 radical (unpaired) electrons. The maximum atomic E-state index is 11.2. The van der Waals surface area contributed by atoms with Gasteiger partial charge in [0.25, 0.3) is 0 Å². The van der Waals surface area contributed by atoms with Gasteiger partial charge in [-0.25, -0.2) is 8.42 Å². The maximum Gasteiger partial charge on any atom is 0.152 e. The Kier molecular flexibility index (Phi) is 4.14. The Morgan fingerprint density at radius 1 is 1.20 bits per heavy atom. The van der Waals surface area contributed by atoms with E-state index in [2.05, 4.69) is 18.7 Å². The summed E-state index contributed by atoms with van der Waals surface area (Å²) in [7, 11) is -2.77. The smallest absolute Gasteiger partial charge is 0.152 e. The fraction of sp³-hybridized carbons (Fsp3) is 1.00. The minimum Gasteiger partial charge on any atom is -0.324 e. The molecule has 0 spiro atoms. The number of nitrogens with zero attached hydrogens (tertiary/aromatic N) is 1. The van der Waals surface area contributed by atoms with E-state index in [-0.39, 0.29) is 17.0 Å². The van der Waals surface area contributed by atoms with Gasteiger partial charge >= 0.3 is 0 Å². The second kappa shape index (κ2) is 4.80. The second-order valence-electron chi connectivity index (χ2n) is 4.50. The van der Waals surface area contributed by atoms with E-state index in [4.69, 9.17) is 5.73 Å². The van der Waals surface area contributed by atoms with E-state index in [9.17, 15) is 8.42 Å². The number of hydrogen-bond donors (Lipinski definition) is 1. The molecule has 2 N–H and O–H groups in total. The third-order valence-electron chi connectivity index (χ3n) is 3.38. The van der Waals surface area contributed by atoms with Crippen LogP contribution in [-0.4, -0.2) is 50.0 Å². The van der Waals surface area contributed by atoms with Gasteiger partial charge in [-0.2, -0.15) is 0 Å². The molecule has 0 bridgehead atoms. The standard InChI is InChI=1S/C10H22N2O2S/c1-3-10(11,4-2)9-12-5-7-15(13,14)8-6-12/h3-9,11H2,1-2H3. The molecule has 5 heteroatoms. The second-order valence-corrected chi connectivity index (χ2v) is 6.80. The van der Waals surface area contributed by atoms with Gasteiger partial charge in [0.15, 0.2) is 9.84 Å². The Hall–Kier alpha value is -0.130. The molecule has 1 fully saturated rings. The molecule has 0 atom stereocenters. The van der Waals surface area contributed by atoms with Crippen LogP contribution in [0.25, 0.3) is 0 Å². The van der Waals surface area contributed by atoms with Gasteiger partial charge in [-0.1, -0.05) is 13.8 Å². The van der Waals surface area contributed by atoms with Crippen molar-refractivity contribution in [2.45, 2.75) is 32.2 Å². The van der Waals surface area contributed by atoms with E-state index in [0.29, 0.717) is 13.1 Å². The average molecular weight is 234 g/mol. The molecular weight excluding hydrogens is 212 g/mol. The highest BCUT2D eigenvalue weighted by Gasteiger charge is 2.28. The Labute approximate surface area is 92.7 Å². The highest BCUT2D eigenvalue weighted by atomic mass is 32.2. The van der Waals surface area contributed by atoms with Crippen LogP contribution in [-0.2, 0) is 9.84 Å². The van der Waals surface area contributed by atoms with E-state index in [1.165, 1.54) is 0 Å². The quantitative estimate of drug-likeness (QED) is 0.756. The lowest BCUT2D eigenvalue weighted by Gasteiger charge is -2.35. The lowest BCUT2D eigenvalue weighted by Crippen LogP contribution is -2.53.